The fourth-order valence-electron chi connectivity index (χ4n) is 2.19. The van der Waals surface area contributed by atoms with Gasteiger partial charge in [0.05, 0.1) is 6.61 Å². The first-order valence-corrected chi connectivity index (χ1v) is 7.54. The third-order valence-corrected chi connectivity index (χ3v) is 3.35. The van der Waals surface area contributed by atoms with Crippen LogP contribution in [-0.4, -0.2) is 6.61 Å². The van der Waals surface area contributed by atoms with Crippen LogP contribution in [0.15, 0.2) is 61.2 Å². The van der Waals surface area contributed by atoms with Crippen LogP contribution in [0, 0.1) is 0 Å². The molecule has 0 spiro atoms. The smallest absolute Gasteiger partial charge is 0.161 e. The summed E-state index contributed by atoms with van der Waals surface area (Å²) in [5, 5.41) is 0. The molecule has 1 atom stereocenters. The average molecular weight is 297 g/mol. The second kappa shape index (κ2) is 8.25. The summed E-state index contributed by atoms with van der Waals surface area (Å²) >= 11 is 0. The van der Waals surface area contributed by atoms with Crippen molar-refractivity contribution < 1.29 is 9.47 Å². The average Bonchev–Trinajstić information content (AvgIpc) is 2.55. The van der Waals surface area contributed by atoms with Gasteiger partial charge >= 0.3 is 0 Å². The number of hydrogen-bond donors (Lipinski definition) is 1. The topological polar surface area (TPSA) is 44.5 Å². The lowest BCUT2D eigenvalue weighted by Crippen LogP contribution is -2.09. The second-order valence-corrected chi connectivity index (χ2v) is 5.04. The standard InChI is InChI=1S/C19H23NO2/c1-3-8-17(20)16-11-12-18(19(13-16)21-4-2)22-14-15-9-6-5-7-10-15/h3,5-7,9-13,17H,1,4,8,14,20H2,2H3/t17-/m0/s1. The van der Waals surface area contributed by atoms with Crippen LogP contribution in [0.5, 0.6) is 11.5 Å². The Morgan fingerprint density at radius 2 is 1.86 bits per heavy atom. The molecule has 2 aromatic rings. The van der Waals surface area contributed by atoms with Gasteiger partial charge in [-0.1, -0.05) is 42.5 Å². The lowest BCUT2D eigenvalue weighted by atomic mass is 10.0. The van der Waals surface area contributed by atoms with E-state index in [2.05, 4.69) is 6.58 Å². The Balaban J connectivity index is 2.14. The minimum absolute atomic E-state index is 0.0696. The maximum absolute atomic E-state index is 6.12. The Morgan fingerprint density at radius 1 is 1.09 bits per heavy atom. The summed E-state index contributed by atoms with van der Waals surface area (Å²) in [5.41, 5.74) is 8.26. The first-order valence-electron chi connectivity index (χ1n) is 7.54. The minimum atomic E-state index is -0.0696. The molecule has 0 aliphatic carbocycles. The van der Waals surface area contributed by atoms with Crippen LogP contribution < -0.4 is 15.2 Å². The molecule has 0 radical (unpaired) electrons. The fourth-order valence-corrected chi connectivity index (χ4v) is 2.19. The Labute approximate surface area is 132 Å². The van der Waals surface area contributed by atoms with Gasteiger partial charge in [-0.15, -0.1) is 6.58 Å². The molecule has 0 bridgehead atoms. The highest BCUT2D eigenvalue weighted by Gasteiger charge is 2.11. The van der Waals surface area contributed by atoms with E-state index in [0.717, 1.165) is 29.0 Å². The number of ether oxygens (including phenoxy) is 2. The summed E-state index contributed by atoms with van der Waals surface area (Å²) in [5.74, 6) is 1.47. The van der Waals surface area contributed by atoms with Crippen molar-refractivity contribution in [2.75, 3.05) is 6.61 Å². The van der Waals surface area contributed by atoms with Gasteiger partial charge in [-0.2, -0.15) is 0 Å². The molecule has 0 fully saturated rings. The molecule has 0 heterocycles. The second-order valence-electron chi connectivity index (χ2n) is 5.04. The van der Waals surface area contributed by atoms with E-state index in [0.29, 0.717) is 13.2 Å². The minimum Gasteiger partial charge on any atom is -0.490 e. The van der Waals surface area contributed by atoms with Crippen molar-refractivity contribution in [3.05, 3.63) is 72.3 Å². The molecule has 0 aliphatic rings. The number of nitrogens with two attached hydrogens (primary N) is 1. The maximum atomic E-state index is 6.12. The van der Waals surface area contributed by atoms with Gasteiger partial charge in [0.15, 0.2) is 11.5 Å². The van der Waals surface area contributed by atoms with Gasteiger partial charge in [-0.25, -0.2) is 0 Å². The van der Waals surface area contributed by atoms with Crippen molar-refractivity contribution in [2.24, 2.45) is 5.73 Å². The number of hydrogen-bond acceptors (Lipinski definition) is 3. The molecule has 0 amide bonds. The molecule has 0 unspecified atom stereocenters. The van der Waals surface area contributed by atoms with Crippen LogP contribution in [-0.2, 0) is 6.61 Å². The molecule has 2 aromatic carbocycles. The van der Waals surface area contributed by atoms with E-state index in [4.69, 9.17) is 15.2 Å². The van der Waals surface area contributed by atoms with E-state index in [1.54, 1.807) is 0 Å². The summed E-state index contributed by atoms with van der Waals surface area (Å²) in [6, 6.07) is 15.9. The van der Waals surface area contributed by atoms with Crippen LogP contribution in [0.2, 0.25) is 0 Å². The molecule has 0 aliphatic heterocycles. The summed E-state index contributed by atoms with van der Waals surface area (Å²) in [4.78, 5) is 0. The first kappa shape index (κ1) is 16.1. The summed E-state index contributed by atoms with van der Waals surface area (Å²) in [7, 11) is 0. The van der Waals surface area contributed by atoms with Crippen molar-refractivity contribution in [3.63, 3.8) is 0 Å². The zero-order valence-electron chi connectivity index (χ0n) is 13.0. The Bertz CT molecular complexity index is 596. The summed E-state index contributed by atoms with van der Waals surface area (Å²) in [6.45, 7) is 6.78. The van der Waals surface area contributed by atoms with E-state index in [-0.39, 0.29) is 6.04 Å². The molecular formula is C19H23NO2. The molecule has 2 N–H and O–H groups in total. The molecule has 3 nitrogen and oxygen atoms in total. The third kappa shape index (κ3) is 4.37. The molecule has 22 heavy (non-hydrogen) atoms. The van der Waals surface area contributed by atoms with Gasteiger partial charge in [-0.05, 0) is 36.6 Å². The lowest BCUT2D eigenvalue weighted by molar-refractivity contribution is 0.269. The molecule has 0 saturated heterocycles. The highest BCUT2D eigenvalue weighted by molar-refractivity contribution is 5.44. The monoisotopic (exact) mass is 297 g/mol. The summed E-state index contributed by atoms with van der Waals surface area (Å²) in [6.07, 6.45) is 2.56. The Kier molecular flexibility index (Phi) is 6.04. The van der Waals surface area contributed by atoms with E-state index in [1.807, 2.05) is 61.5 Å². The quantitative estimate of drug-likeness (QED) is 0.741. The Hall–Kier alpha value is -2.26. The van der Waals surface area contributed by atoms with Gasteiger partial charge in [-0.3, -0.25) is 0 Å². The van der Waals surface area contributed by atoms with E-state index in [1.165, 1.54) is 0 Å². The van der Waals surface area contributed by atoms with Crippen molar-refractivity contribution in [2.45, 2.75) is 26.0 Å². The van der Waals surface area contributed by atoms with Gasteiger partial charge in [0.25, 0.3) is 0 Å². The van der Waals surface area contributed by atoms with Gasteiger partial charge in [0.2, 0.25) is 0 Å². The SMILES string of the molecule is C=CC[C@H](N)c1ccc(OCc2ccccc2)c(OCC)c1. The lowest BCUT2D eigenvalue weighted by Gasteiger charge is -2.16. The van der Waals surface area contributed by atoms with Crippen molar-refractivity contribution in [1.29, 1.82) is 0 Å². The highest BCUT2D eigenvalue weighted by atomic mass is 16.5. The largest absolute Gasteiger partial charge is 0.490 e. The molecule has 3 heteroatoms. The molecule has 0 saturated carbocycles. The maximum Gasteiger partial charge on any atom is 0.161 e. The van der Waals surface area contributed by atoms with Gasteiger partial charge in [0.1, 0.15) is 6.61 Å². The molecule has 0 aromatic heterocycles. The predicted molar refractivity (Wildman–Crippen MR) is 90.1 cm³/mol. The van der Waals surface area contributed by atoms with Crippen molar-refractivity contribution >= 4 is 0 Å². The van der Waals surface area contributed by atoms with Crippen LogP contribution in [0.25, 0.3) is 0 Å². The van der Waals surface area contributed by atoms with Gasteiger partial charge in [0, 0.05) is 6.04 Å². The zero-order valence-corrected chi connectivity index (χ0v) is 13.0. The van der Waals surface area contributed by atoms with Crippen LogP contribution in [0.4, 0.5) is 0 Å². The Morgan fingerprint density at radius 3 is 2.55 bits per heavy atom. The van der Waals surface area contributed by atoms with E-state index >= 15 is 0 Å². The van der Waals surface area contributed by atoms with Gasteiger partial charge < -0.3 is 15.2 Å². The third-order valence-electron chi connectivity index (χ3n) is 3.35. The zero-order chi connectivity index (χ0) is 15.8. The normalized spacial score (nSPS) is 11.7. The molecule has 2 rings (SSSR count). The fraction of sp³-hybridized carbons (Fsp3) is 0.263. The first-order chi connectivity index (χ1) is 10.7. The van der Waals surface area contributed by atoms with Crippen LogP contribution in [0.1, 0.15) is 30.5 Å². The van der Waals surface area contributed by atoms with E-state index < -0.39 is 0 Å². The molecule has 116 valence electrons. The van der Waals surface area contributed by atoms with Crippen molar-refractivity contribution in [1.82, 2.24) is 0 Å². The highest BCUT2D eigenvalue weighted by Crippen LogP contribution is 2.31. The number of benzene rings is 2. The summed E-state index contributed by atoms with van der Waals surface area (Å²) < 4.78 is 11.6. The number of rotatable bonds is 8. The van der Waals surface area contributed by atoms with Crippen LogP contribution in [0.3, 0.4) is 0 Å². The van der Waals surface area contributed by atoms with Crippen LogP contribution >= 0.6 is 0 Å². The van der Waals surface area contributed by atoms with Crippen molar-refractivity contribution in [3.8, 4) is 11.5 Å². The predicted octanol–water partition coefficient (Wildman–Crippen LogP) is 4.24. The van der Waals surface area contributed by atoms with E-state index in [9.17, 15) is 0 Å². The molecular weight excluding hydrogens is 274 g/mol.